The summed E-state index contributed by atoms with van der Waals surface area (Å²) in [5.41, 5.74) is 1.83. The Morgan fingerprint density at radius 1 is 0.875 bits per heavy atom. The molecule has 0 bridgehead atoms. The lowest BCUT2D eigenvalue weighted by atomic mass is 10.1. The summed E-state index contributed by atoms with van der Waals surface area (Å²) in [4.78, 5) is 12.8. The first-order valence-corrected chi connectivity index (χ1v) is 11.0. The minimum Gasteiger partial charge on any atom is -0.497 e. The van der Waals surface area contributed by atoms with Gasteiger partial charge < -0.3 is 18.4 Å². The van der Waals surface area contributed by atoms with Gasteiger partial charge in [0.25, 0.3) is 0 Å². The maximum Gasteiger partial charge on any atom is 0.339 e. The van der Waals surface area contributed by atoms with Gasteiger partial charge in [0.05, 0.1) is 19.8 Å². The lowest BCUT2D eigenvalue weighted by Gasteiger charge is -2.08. The summed E-state index contributed by atoms with van der Waals surface area (Å²) in [7, 11) is -0.964. The molecule has 7 nitrogen and oxygen atoms in total. The van der Waals surface area contributed by atoms with Crippen molar-refractivity contribution < 1.29 is 31.6 Å². The van der Waals surface area contributed by atoms with Crippen molar-refractivity contribution in [2.24, 2.45) is 0 Å². The molecule has 1 aliphatic heterocycles. The Bertz CT molecular complexity index is 1320. The van der Waals surface area contributed by atoms with E-state index in [1.165, 1.54) is 44.6 Å². The quantitative estimate of drug-likeness (QED) is 0.405. The zero-order chi connectivity index (χ0) is 22.9. The number of ether oxygens (including phenoxy) is 3. The summed E-state index contributed by atoms with van der Waals surface area (Å²) >= 11 is 0. The number of allylic oxidation sites excluding steroid dienone is 1. The number of carbonyl (C=O) groups excluding carboxylic acids is 1. The van der Waals surface area contributed by atoms with Crippen LogP contribution in [0, 0.1) is 6.92 Å². The molecule has 8 heteroatoms. The molecule has 0 saturated carbocycles. The highest BCUT2D eigenvalue weighted by Crippen LogP contribution is 2.37. The largest absolute Gasteiger partial charge is 0.497 e. The van der Waals surface area contributed by atoms with Gasteiger partial charge in [-0.25, -0.2) is 0 Å². The van der Waals surface area contributed by atoms with Crippen LogP contribution in [0.4, 0.5) is 0 Å². The van der Waals surface area contributed by atoms with Gasteiger partial charge in [0, 0.05) is 11.6 Å². The van der Waals surface area contributed by atoms with Crippen LogP contribution in [0.2, 0.25) is 0 Å². The third kappa shape index (κ3) is 4.17. The van der Waals surface area contributed by atoms with Crippen LogP contribution in [0.1, 0.15) is 21.5 Å². The fourth-order valence-corrected chi connectivity index (χ4v) is 4.11. The number of ketones is 1. The zero-order valence-electron chi connectivity index (χ0n) is 17.6. The van der Waals surface area contributed by atoms with Gasteiger partial charge in [-0.05, 0) is 55.5 Å². The molecule has 0 radical (unpaired) electrons. The summed E-state index contributed by atoms with van der Waals surface area (Å²) in [6.45, 7) is 1.86. The number of hydrogen-bond donors (Lipinski definition) is 0. The van der Waals surface area contributed by atoms with E-state index in [0.29, 0.717) is 22.6 Å². The van der Waals surface area contributed by atoms with Crippen molar-refractivity contribution in [1.82, 2.24) is 0 Å². The van der Waals surface area contributed by atoms with Crippen LogP contribution in [0.5, 0.6) is 23.0 Å². The highest BCUT2D eigenvalue weighted by molar-refractivity contribution is 7.87. The Balaban J connectivity index is 1.62. The highest BCUT2D eigenvalue weighted by Gasteiger charge is 2.29. The van der Waals surface area contributed by atoms with Crippen LogP contribution >= 0.6 is 0 Å². The molecule has 164 valence electrons. The number of carbonyl (C=O) groups is 1. The minimum absolute atomic E-state index is 0.0336. The van der Waals surface area contributed by atoms with Crippen molar-refractivity contribution in [2.45, 2.75) is 11.8 Å². The normalized spacial score (nSPS) is 14.1. The van der Waals surface area contributed by atoms with E-state index in [0.717, 1.165) is 5.56 Å². The molecule has 0 fully saturated rings. The average Bonchev–Trinajstić information content (AvgIpc) is 3.08. The molecule has 0 spiro atoms. The smallest absolute Gasteiger partial charge is 0.339 e. The molecule has 0 aliphatic carbocycles. The van der Waals surface area contributed by atoms with E-state index in [9.17, 15) is 13.2 Å². The van der Waals surface area contributed by atoms with Crippen molar-refractivity contribution >= 4 is 22.0 Å². The second kappa shape index (κ2) is 8.39. The molecule has 0 unspecified atom stereocenters. The third-order valence-corrected chi connectivity index (χ3v) is 6.14. The topological polar surface area (TPSA) is 88.1 Å². The predicted molar refractivity (Wildman–Crippen MR) is 118 cm³/mol. The van der Waals surface area contributed by atoms with E-state index in [-0.39, 0.29) is 27.9 Å². The molecule has 0 saturated heterocycles. The standard InChI is InChI=1S/C24H20O7S/c1-15-4-8-19(9-5-15)32(26,27)31-18-6-10-20-22(14-18)30-23(24(20)25)13-16-12-17(28-2)7-11-21(16)29-3/h4-14H,1-3H3/b23-13-. The molecule has 0 aromatic heterocycles. The summed E-state index contributed by atoms with van der Waals surface area (Å²) in [6.07, 6.45) is 1.55. The Hall–Kier alpha value is -3.78. The molecule has 32 heavy (non-hydrogen) atoms. The molecule has 0 amide bonds. The number of benzene rings is 3. The van der Waals surface area contributed by atoms with Crippen LogP contribution in [0.3, 0.4) is 0 Å². The number of Topliss-reactive ketones (excluding diaryl/α,β-unsaturated/α-hetero) is 1. The lowest BCUT2D eigenvalue weighted by molar-refractivity contribution is 0.101. The van der Waals surface area contributed by atoms with Gasteiger partial charge in [-0.1, -0.05) is 17.7 Å². The Labute approximate surface area is 185 Å². The SMILES string of the molecule is COc1ccc(OC)c(/C=C2\Oc3cc(OS(=O)(=O)c4ccc(C)cc4)ccc3C2=O)c1. The molecular weight excluding hydrogens is 432 g/mol. The van der Waals surface area contributed by atoms with E-state index in [1.807, 2.05) is 6.92 Å². The van der Waals surface area contributed by atoms with Gasteiger partial charge in [-0.3, -0.25) is 4.79 Å². The van der Waals surface area contributed by atoms with E-state index in [1.54, 1.807) is 36.4 Å². The predicted octanol–water partition coefficient (Wildman–Crippen LogP) is 4.40. The number of aryl methyl sites for hydroxylation is 1. The molecular formula is C24H20O7S. The molecule has 1 aliphatic rings. The van der Waals surface area contributed by atoms with Gasteiger partial charge in [0.15, 0.2) is 5.76 Å². The van der Waals surface area contributed by atoms with Crippen LogP contribution in [-0.2, 0) is 10.1 Å². The molecule has 3 aromatic carbocycles. The first-order valence-electron chi connectivity index (χ1n) is 9.62. The van der Waals surface area contributed by atoms with Crippen molar-refractivity contribution in [3.63, 3.8) is 0 Å². The molecule has 0 atom stereocenters. The number of hydrogen-bond acceptors (Lipinski definition) is 7. The van der Waals surface area contributed by atoms with E-state index in [4.69, 9.17) is 18.4 Å². The summed E-state index contributed by atoms with van der Waals surface area (Å²) in [5, 5.41) is 0. The molecule has 4 rings (SSSR count). The first kappa shape index (κ1) is 21.5. The lowest BCUT2D eigenvalue weighted by Crippen LogP contribution is -2.09. The van der Waals surface area contributed by atoms with Crippen molar-refractivity contribution in [3.05, 3.63) is 83.1 Å². The zero-order valence-corrected chi connectivity index (χ0v) is 18.4. The Morgan fingerprint density at radius 2 is 1.59 bits per heavy atom. The second-order valence-electron chi connectivity index (χ2n) is 7.06. The van der Waals surface area contributed by atoms with Crippen molar-refractivity contribution in [1.29, 1.82) is 0 Å². The van der Waals surface area contributed by atoms with Crippen LogP contribution in [-0.4, -0.2) is 28.4 Å². The molecule has 3 aromatic rings. The maximum absolute atomic E-state index is 12.8. The van der Waals surface area contributed by atoms with Crippen LogP contribution in [0.15, 0.2) is 71.3 Å². The number of methoxy groups -OCH3 is 2. The number of fused-ring (bicyclic) bond motifs is 1. The van der Waals surface area contributed by atoms with Gasteiger partial charge in [-0.2, -0.15) is 8.42 Å². The van der Waals surface area contributed by atoms with Gasteiger partial charge in [-0.15, -0.1) is 0 Å². The summed E-state index contributed by atoms with van der Waals surface area (Å²) < 4.78 is 46.6. The monoisotopic (exact) mass is 452 g/mol. The van der Waals surface area contributed by atoms with E-state index < -0.39 is 10.1 Å². The summed E-state index contributed by atoms with van der Waals surface area (Å²) in [6, 6.07) is 15.8. The van der Waals surface area contributed by atoms with Gasteiger partial charge >= 0.3 is 10.1 Å². The highest BCUT2D eigenvalue weighted by atomic mass is 32.2. The third-order valence-electron chi connectivity index (χ3n) is 4.88. The summed E-state index contributed by atoms with van der Waals surface area (Å²) in [5.74, 6) is 1.12. The van der Waals surface area contributed by atoms with Crippen LogP contribution in [0.25, 0.3) is 6.08 Å². The number of rotatable bonds is 6. The van der Waals surface area contributed by atoms with E-state index in [2.05, 4.69) is 0 Å². The van der Waals surface area contributed by atoms with Gasteiger partial charge in [0.1, 0.15) is 27.9 Å². The van der Waals surface area contributed by atoms with Crippen molar-refractivity contribution in [3.8, 4) is 23.0 Å². The maximum atomic E-state index is 12.8. The van der Waals surface area contributed by atoms with Gasteiger partial charge in [0.2, 0.25) is 5.78 Å². The first-order chi connectivity index (χ1) is 15.3. The fourth-order valence-electron chi connectivity index (χ4n) is 3.19. The average molecular weight is 452 g/mol. The Kier molecular flexibility index (Phi) is 5.63. The fraction of sp³-hybridized carbons (Fsp3) is 0.125. The molecule has 0 N–H and O–H groups in total. The Morgan fingerprint density at radius 3 is 2.28 bits per heavy atom. The van der Waals surface area contributed by atoms with E-state index >= 15 is 0 Å². The molecule has 1 heterocycles. The second-order valence-corrected chi connectivity index (χ2v) is 8.60. The minimum atomic E-state index is -4.03. The van der Waals surface area contributed by atoms with Crippen LogP contribution < -0.4 is 18.4 Å². The van der Waals surface area contributed by atoms with Crippen molar-refractivity contribution in [2.75, 3.05) is 14.2 Å².